The van der Waals surface area contributed by atoms with E-state index in [1.807, 2.05) is 25.1 Å². The van der Waals surface area contributed by atoms with E-state index in [0.29, 0.717) is 15.8 Å². The van der Waals surface area contributed by atoms with Gasteiger partial charge in [-0.15, -0.1) is 11.3 Å². The molecule has 0 amide bonds. The minimum atomic E-state index is -3.63. The number of nitrogens with zero attached hydrogens (tertiary/aromatic N) is 3. The van der Waals surface area contributed by atoms with E-state index in [1.54, 1.807) is 4.31 Å². The van der Waals surface area contributed by atoms with E-state index in [1.165, 1.54) is 11.3 Å². The molecule has 8 heteroatoms. The molecule has 5 rings (SSSR count). The van der Waals surface area contributed by atoms with Gasteiger partial charge in [0, 0.05) is 48.1 Å². The monoisotopic (exact) mass is 461 g/mol. The number of hydrogen-bond acceptors (Lipinski definition) is 5. The van der Waals surface area contributed by atoms with Crippen molar-refractivity contribution in [3.05, 3.63) is 52.5 Å². The number of likely N-dealkylation sites (N-methyl/N-ethyl adjacent to an activating group) is 1. The van der Waals surface area contributed by atoms with Crippen LogP contribution in [0.2, 0.25) is 5.02 Å². The van der Waals surface area contributed by atoms with Gasteiger partial charge in [0.15, 0.2) is 0 Å². The number of rotatable bonds is 3. The van der Waals surface area contributed by atoms with E-state index in [9.17, 15) is 8.42 Å². The molecule has 0 aliphatic carbocycles. The van der Waals surface area contributed by atoms with Crippen LogP contribution >= 0.6 is 22.9 Å². The number of benzene rings is 2. The standard InChI is InChI=1S/C22H24ClN3O2S2/c1-15-19-13-17(23)4-6-21(19)29-22(15)30(27,28)26-8-7-16-3-5-18(14-20(16)26)25-11-9-24(2)10-12-25/h3-6,13-14H,7-12H2,1-2H3. The van der Waals surface area contributed by atoms with Crippen LogP contribution in [0, 0.1) is 6.92 Å². The fraction of sp³-hybridized carbons (Fsp3) is 0.364. The van der Waals surface area contributed by atoms with Crippen LogP contribution in [-0.2, 0) is 16.4 Å². The van der Waals surface area contributed by atoms with E-state index in [-0.39, 0.29) is 0 Å². The number of aryl methyl sites for hydroxylation is 1. The summed E-state index contributed by atoms with van der Waals surface area (Å²) in [4.78, 5) is 4.66. The Hall–Kier alpha value is -1.80. The van der Waals surface area contributed by atoms with Crippen LogP contribution in [0.4, 0.5) is 11.4 Å². The number of piperazine rings is 1. The Morgan fingerprint density at radius 1 is 1.00 bits per heavy atom. The van der Waals surface area contributed by atoms with Crippen molar-refractivity contribution >= 4 is 54.4 Å². The summed E-state index contributed by atoms with van der Waals surface area (Å²) >= 11 is 7.47. The van der Waals surface area contributed by atoms with E-state index in [2.05, 4.69) is 35.0 Å². The first-order chi connectivity index (χ1) is 14.3. The minimum absolute atomic E-state index is 0.414. The van der Waals surface area contributed by atoms with E-state index < -0.39 is 10.0 Å². The van der Waals surface area contributed by atoms with Gasteiger partial charge in [0.2, 0.25) is 0 Å². The lowest BCUT2D eigenvalue weighted by Crippen LogP contribution is -2.44. The Kier molecular flexibility index (Phi) is 4.97. The summed E-state index contributed by atoms with van der Waals surface area (Å²) in [5.74, 6) is 0. The van der Waals surface area contributed by atoms with E-state index >= 15 is 0 Å². The van der Waals surface area contributed by atoms with Crippen molar-refractivity contribution in [2.75, 3.05) is 49.0 Å². The number of thiophene rings is 1. The third-order valence-electron chi connectivity index (χ3n) is 6.17. The van der Waals surface area contributed by atoms with Crippen molar-refractivity contribution in [3.8, 4) is 0 Å². The summed E-state index contributed by atoms with van der Waals surface area (Å²) in [7, 11) is -1.50. The quantitative estimate of drug-likeness (QED) is 0.581. The van der Waals surface area contributed by atoms with Gasteiger partial charge >= 0.3 is 0 Å². The Morgan fingerprint density at radius 2 is 1.77 bits per heavy atom. The molecule has 1 aromatic heterocycles. The van der Waals surface area contributed by atoms with Crippen LogP contribution in [0.5, 0.6) is 0 Å². The van der Waals surface area contributed by atoms with Crippen LogP contribution in [0.1, 0.15) is 11.1 Å². The highest BCUT2D eigenvalue weighted by atomic mass is 35.5. The highest BCUT2D eigenvalue weighted by molar-refractivity contribution is 7.95. The third-order valence-corrected chi connectivity index (χ3v) is 10.1. The normalized spacial score (nSPS) is 17.7. The Morgan fingerprint density at radius 3 is 2.53 bits per heavy atom. The molecule has 0 saturated carbocycles. The molecule has 0 unspecified atom stereocenters. The molecule has 1 saturated heterocycles. The molecule has 2 aromatic carbocycles. The maximum Gasteiger partial charge on any atom is 0.274 e. The first-order valence-electron chi connectivity index (χ1n) is 10.1. The molecule has 30 heavy (non-hydrogen) atoms. The largest absolute Gasteiger partial charge is 0.369 e. The molecule has 2 aliphatic heterocycles. The second kappa shape index (κ2) is 7.41. The van der Waals surface area contributed by atoms with Crippen molar-refractivity contribution < 1.29 is 8.42 Å². The zero-order chi connectivity index (χ0) is 21.0. The average Bonchev–Trinajstić information content (AvgIpc) is 3.30. The third kappa shape index (κ3) is 3.28. The molecule has 0 bridgehead atoms. The molecular weight excluding hydrogens is 438 g/mol. The summed E-state index contributed by atoms with van der Waals surface area (Å²) in [6.07, 6.45) is 0.743. The summed E-state index contributed by atoms with van der Waals surface area (Å²) in [6.45, 7) is 6.31. The molecule has 3 aromatic rings. The number of hydrogen-bond donors (Lipinski definition) is 0. The van der Waals surface area contributed by atoms with Crippen molar-refractivity contribution in [2.24, 2.45) is 0 Å². The fourth-order valence-corrected chi connectivity index (χ4v) is 7.88. The predicted octanol–water partition coefficient (Wildman–Crippen LogP) is 4.37. The van der Waals surface area contributed by atoms with Crippen LogP contribution in [0.3, 0.4) is 0 Å². The van der Waals surface area contributed by atoms with Gasteiger partial charge in [-0.3, -0.25) is 4.31 Å². The van der Waals surface area contributed by atoms with Crippen LogP contribution < -0.4 is 9.21 Å². The lowest BCUT2D eigenvalue weighted by molar-refractivity contribution is 0.313. The number of halogens is 1. The van der Waals surface area contributed by atoms with Crippen molar-refractivity contribution in [2.45, 2.75) is 17.6 Å². The molecule has 0 radical (unpaired) electrons. The Balaban J connectivity index is 1.53. The second-order valence-corrected chi connectivity index (χ2v) is 11.6. The van der Waals surface area contributed by atoms with Gasteiger partial charge in [-0.05, 0) is 67.2 Å². The molecule has 2 aliphatic rings. The SMILES string of the molecule is Cc1c(S(=O)(=O)N2CCc3ccc(N4CCN(C)CC4)cc32)sc2ccc(Cl)cc12. The molecule has 0 atom stereocenters. The highest BCUT2D eigenvalue weighted by Gasteiger charge is 2.34. The maximum absolute atomic E-state index is 13.7. The van der Waals surface area contributed by atoms with Gasteiger partial charge in [0.05, 0.1) is 5.69 Å². The maximum atomic E-state index is 13.7. The average molecular weight is 462 g/mol. The summed E-state index contributed by atoms with van der Waals surface area (Å²) in [5.41, 5.74) is 3.80. The topological polar surface area (TPSA) is 43.9 Å². The van der Waals surface area contributed by atoms with Gasteiger partial charge in [-0.2, -0.15) is 0 Å². The highest BCUT2D eigenvalue weighted by Crippen LogP contribution is 2.41. The molecule has 1 fully saturated rings. The first kappa shape index (κ1) is 20.1. The molecule has 5 nitrogen and oxygen atoms in total. The first-order valence-corrected chi connectivity index (χ1v) is 12.8. The van der Waals surface area contributed by atoms with Gasteiger partial charge < -0.3 is 9.80 Å². The van der Waals surface area contributed by atoms with Gasteiger partial charge in [-0.25, -0.2) is 8.42 Å². The smallest absolute Gasteiger partial charge is 0.274 e. The lowest BCUT2D eigenvalue weighted by atomic mass is 10.1. The Bertz CT molecular complexity index is 1230. The van der Waals surface area contributed by atoms with Crippen molar-refractivity contribution in [1.29, 1.82) is 0 Å². The van der Waals surface area contributed by atoms with Crippen LogP contribution in [-0.4, -0.2) is 53.1 Å². The number of anilines is 2. The van der Waals surface area contributed by atoms with Gasteiger partial charge in [0.25, 0.3) is 10.0 Å². The lowest BCUT2D eigenvalue weighted by Gasteiger charge is -2.34. The predicted molar refractivity (Wildman–Crippen MR) is 126 cm³/mol. The number of fused-ring (bicyclic) bond motifs is 2. The van der Waals surface area contributed by atoms with E-state index in [4.69, 9.17) is 11.6 Å². The zero-order valence-corrected chi connectivity index (χ0v) is 19.4. The van der Waals surface area contributed by atoms with Crippen molar-refractivity contribution in [3.63, 3.8) is 0 Å². The molecule has 0 N–H and O–H groups in total. The molecule has 3 heterocycles. The van der Waals surface area contributed by atoms with Crippen molar-refractivity contribution in [1.82, 2.24) is 4.90 Å². The van der Waals surface area contributed by atoms with Crippen LogP contribution in [0.25, 0.3) is 10.1 Å². The summed E-state index contributed by atoms with van der Waals surface area (Å²) < 4.78 is 30.3. The van der Waals surface area contributed by atoms with Gasteiger partial charge in [-0.1, -0.05) is 17.7 Å². The summed E-state index contributed by atoms with van der Waals surface area (Å²) in [6, 6.07) is 11.8. The minimum Gasteiger partial charge on any atom is -0.369 e. The Labute approximate surface area is 186 Å². The van der Waals surface area contributed by atoms with Crippen LogP contribution in [0.15, 0.2) is 40.6 Å². The molecule has 158 valence electrons. The molecule has 0 spiro atoms. The summed E-state index contributed by atoms with van der Waals surface area (Å²) in [5, 5.41) is 1.53. The van der Waals surface area contributed by atoms with Gasteiger partial charge in [0.1, 0.15) is 4.21 Å². The molecular formula is C22H24ClN3O2S2. The fourth-order valence-electron chi connectivity index (χ4n) is 4.37. The second-order valence-electron chi connectivity index (χ2n) is 8.09. The number of sulfonamides is 1. The zero-order valence-electron chi connectivity index (χ0n) is 17.1. The van der Waals surface area contributed by atoms with E-state index in [0.717, 1.165) is 65.2 Å².